The first-order chi connectivity index (χ1) is 8.92. The summed E-state index contributed by atoms with van der Waals surface area (Å²) < 4.78 is 0. The predicted octanol–water partition coefficient (Wildman–Crippen LogP) is 3.41. The molecular formula is C14H12AuClN2. The molecule has 0 atom stereocenters. The quantitative estimate of drug-likeness (QED) is 0.651. The molecule has 2 heterocycles. The molecule has 0 amide bonds. The maximum absolute atomic E-state index is 4.58. The van der Waals surface area contributed by atoms with Gasteiger partial charge in [-0.25, -0.2) is 0 Å². The average Bonchev–Trinajstić information content (AvgIpc) is 2.84. The molecule has 0 spiro atoms. The van der Waals surface area contributed by atoms with E-state index < -0.39 is 0 Å². The normalized spacial score (nSPS) is 16.1. The van der Waals surface area contributed by atoms with Crippen LogP contribution in [0.25, 0.3) is 0 Å². The Morgan fingerprint density at radius 3 is 2.61 bits per heavy atom. The van der Waals surface area contributed by atoms with Crippen LogP contribution in [0.15, 0.2) is 66.7 Å². The van der Waals surface area contributed by atoms with E-state index in [2.05, 4.69) is 57.3 Å². The van der Waals surface area contributed by atoms with Gasteiger partial charge in [-0.2, -0.15) is 0 Å². The second-order valence-corrected chi connectivity index (χ2v) is 3.84. The molecule has 4 heteroatoms. The minimum absolute atomic E-state index is 0.864. The molecule has 2 nitrogen and oxygen atoms in total. The third kappa shape index (κ3) is 3.30. The molecule has 1 aromatic carbocycles. The summed E-state index contributed by atoms with van der Waals surface area (Å²) in [5, 5.41) is 0. The SMILES string of the molecule is [C]1N(Cc2ccccc2)C=C2C=CC=CN12.[Cl][Au]. The zero-order valence-electron chi connectivity index (χ0n) is 9.55. The molecule has 18 heavy (non-hydrogen) atoms. The first kappa shape index (κ1) is 13.5. The molecule has 0 fully saturated rings. The number of hydrogen-bond acceptors (Lipinski definition) is 2. The van der Waals surface area contributed by atoms with Gasteiger partial charge in [0.25, 0.3) is 0 Å². The second-order valence-electron chi connectivity index (χ2n) is 3.84. The number of benzene rings is 1. The average molecular weight is 441 g/mol. The summed E-state index contributed by atoms with van der Waals surface area (Å²) in [6, 6.07) is 10.4. The molecule has 3 rings (SSSR count). The number of fused-ring (bicyclic) bond motifs is 1. The number of hydrogen-bond donors (Lipinski definition) is 0. The van der Waals surface area contributed by atoms with E-state index in [9.17, 15) is 0 Å². The van der Waals surface area contributed by atoms with E-state index in [1.54, 1.807) is 20.0 Å². The van der Waals surface area contributed by atoms with Crippen molar-refractivity contribution in [3.63, 3.8) is 0 Å². The van der Waals surface area contributed by atoms with Crippen molar-refractivity contribution in [2.75, 3.05) is 0 Å². The summed E-state index contributed by atoms with van der Waals surface area (Å²) in [5.74, 6) is 0. The Bertz CT molecular complexity index is 468. The van der Waals surface area contributed by atoms with Gasteiger partial charge in [-0.3, -0.25) is 0 Å². The van der Waals surface area contributed by atoms with Gasteiger partial charge in [0.1, 0.15) is 0 Å². The van der Waals surface area contributed by atoms with Crippen molar-refractivity contribution in [3.8, 4) is 0 Å². The number of nitrogens with zero attached hydrogens (tertiary/aromatic N) is 2. The van der Waals surface area contributed by atoms with Crippen molar-refractivity contribution in [3.05, 3.63) is 78.9 Å². The van der Waals surface area contributed by atoms with Gasteiger partial charge < -0.3 is 9.80 Å². The van der Waals surface area contributed by atoms with Crippen molar-refractivity contribution in [2.24, 2.45) is 0 Å². The zero-order valence-corrected chi connectivity index (χ0v) is 12.5. The third-order valence-electron chi connectivity index (χ3n) is 2.61. The summed E-state index contributed by atoms with van der Waals surface area (Å²) in [6.07, 6.45) is 10.2. The Labute approximate surface area is 124 Å². The Kier molecular flexibility index (Phi) is 5.14. The van der Waals surface area contributed by atoms with Gasteiger partial charge in [-0.15, -0.1) is 0 Å². The van der Waals surface area contributed by atoms with Gasteiger partial charge in [0.05, 0.1) is 5.70 Å². The van der Waals surface area contributed by atoms with Crippen LogP contribution in [0.3, 0.4) is 0 Å². The summed E-state index contributed by atoms with van der Waals surface area (Å²) in [7, 11) is 4.58. The fourth-order valence-electron chi connectivity index (χ4n) is 1.84. The van der Waals surface area contributed by atoms with Crippen LogP contribution in [0.5, 0.6) is 0 Å². The first-order valence-corrected chi connectivity index (χ1v) is 8.14. The summed E-state index contributed by atoms with van der Waals surface area (Å²) in [5.41, 5.74) is 2.46. The van der Waals surface area contributed by atoms with Crippen molar-refractivity contribution in [1.82, 2.24) is 9.80 Å². The Morgan fingerprint density at radius 2 is 1.89 bits per heavy atom. The van der Waals surface area contributed by atoms with Crippen molar-refractivity contribution >= 4 is 9.19 Å². The van der Waals surface area contributed by atoms with Gasteiger partial charge in [0.15, 0.2) is 0 Å². The van der Waals surface area contributed by atoms with Crippen LogP contribution >= 0.6 is 9.19 Å². The molecule has 2 aliphatic heterocycles. The topological polar surface area (TPSA) is 6.48 Å². The van der Waals surface area contributed by atoms with Gasteiger partial charge >= 0.3 is 29.2 Å². The number of halogens is 1. The van der Waals surface area contributed by atoms with Crippen LogP contribution in [0, 0.1) is 6.67 Å². The first-order valence-electron chi connectivity index (χ1n) is 5.46. The maximum atomic E-state index is 4.58. The van der Waals surface area contributed by atoms with E-state index in [0.29, 0.717) is 0 Å². The molecule has 0 unspecified atom stereocenters. The molecule has 1 aromatic rings. The Morgan fingerprint density at radius 1 is 1.11 bits per heavy atom. The van der Waals surface area contributed by atoms with Crippen LogP contribution in [0.2, 0.25) is 0 Å². The predicted molar refractivity (Wildman–Crippen MR) is 69.3 cm³/mol. The molecule has 2 radical (unpaired) electrons. The summed E-state index contributed by atoms with van der Waals surface area (Å²) >= 11 is 1.75. The fourth-order valence-corrected chi connectivity index (χ4v) is 1.84. The van der Waals surface area contributed by atoms with Crippen LogP contribution in [0.4, 0.5) is 0 Å². The monoisotopic (exact) mass is 440 g/mol. The Hall–Kier alpha value is -0.930. The molecule has 0 N–H and O–H groups in total. The van der Waals surface area contributed by atoms with Crippen molar-refractivity contribution in [1.29, 1.82) is 0 Å². The van der Waals surface area contributed by atoms with E-state index in [4.69, 9.17) is 0 Å². The summed E-state index contributed by atoms with van der Waals surface area (Å²) in [4.78, 5) is 4.08. The van der Waals surface area contributed by atoms with Gasteiger partial charge in [-0.05, 0) is 17.7 Å². The molecule has 0 aliphatic carbocycles. The van der Waals surface area contributed by atoms with Gasteiger partial charge in [0, 0.05) is 18.9 Å². The van der Waals surface area contributed by atoms with E-state index in [0.717, 1.165) is 6.54 Å². The molecule has 96 valence electrons. The summed E-state index contributed by atoms with van der Waals surface area (Å²) in [6.45, 7) is 4.14. The van der Waals surface area contributed by atoms with Crippen LogP contribution in [-0.2, 0) is 26.5 Å². The fraction of sp³-hybridized carbons (Fsp3) is 0.0714. The van der Waals surface area contributed by atoms with Crippen LogP contribution in [-0.4, -0.2) is 9.80 Å². The molecule has 0 saturated heterocycles. The Balaban J connectivity index is 0.000000574. The number of allylic oxidation sites excluding steroid dienone is 3. The van der Waals surface area contributed by atoms with E-state index in [1.165, 1.54) is 11.3 Å². The zero-order chi connectivity index (χ0) is 12.8. The van der Waals surface area contributed by atoms with E-state index in [1.807, 2.05) is 29.3 Å². The van der Waals surface area contributed by atoms with Crippen molar-refractivity contribution < 1.29 is 20.0 Å². The molecular weight excluding hydrogens is 429 g/mol. The van der Waals surface area contributed by atoms with Gasteiger partial charge in [-0.1, -0.05) is 36.4 Å². The van der Waals surface area contributed by atoms with E-state index >= 15 is 0 Å². The third-order valence-corrected chi connectivity index (χ3v) is 2.61. The molecule has 0 aromatic heterocycles. The minimum atomic E-state index is 0.864. The second kappa shape index (κ2) is 6.86. The van der Waals surface area contributed by atoms with Crippen LogP contribution < -0.4 is 0 Å². The molecule has 2 aliphatic rings. The van der Waals surface area contributed by atoms with E-state index in [-0.39, 0.29) is 0 Å². The standard InChI is InChI=1S/C14H12N2.Au.ClH/c1-2-6-13(7-3-1)10-15-11-14-8-4-5-9-16(14)12-15;;/h1-9,11H,10H2;;1H/q;+1;/p-1. The van der Waals surface area contributed by atoms with Gasteiger partial charge in [0.2, 0.25) is 6.67 Å². The van der Waals surface area contributed by atoms with Crippen molar-refractivity contribution in [2.45, 2.75) is 6.54 Å². The molecule has 0 bridgehead atoms. The molecule has 0 saturated carbocycles. The number of rotatable bonds is 2. The van der Waals surface area contributed by atoms with Crippen LogP contribution in [0.1, 0.15) is 5.56 Å².